The summed E-state index contributed by atoms with van der Waals surface area (Å²) in [7, 11) is 0. The van der Waals surface area contributed by atoms with Crippen molar-refractivity contribution in [3.05, 3.63) is 89.1 Å². The molecule has 1 fully saturated rings. The van der Waals surface area contributed by atoms with E-state index in [1.807, 2.05) is 18.2 Å². The van der Waals surface area contributed by atoms with Crippen molar-refractivity contribution in [3.8, 4) is 0 Å². The molecule has 1 aliphatic carbocycles. The number of furan rings is 1. The lowest BCUT2D eigenvalue weighted by atomic mass is 10.0. The van der Waals surface area contributed by atoms with Crippen LogP contribution in [-0.2, 0) is 11.3 Å². The standard InChI is InChI=1S/C24H24ClN3O3/c25-20-11-4-1-7-18(20)16-28(24(30)21-12-6-14-31-21)22(17-8-5-13-26-15-17)23(29)27-19-9-2-3-10-19/h1,4-8,11-15,19,22H,2-3,9-10,16H2,(H,27,29). The fourth-order valence-electron chi connectivity index (χ4n) is 3.99. The first kappa shape index (κ1) is 21.1. The molecule has 2 aromatic heterocycles. The lowest BCUT2D eigenvalue weighted by Gasteiger charge is -2.31. The second-order valence-electron chi connectivity index (χ2n) is 7.68. The Kier molecular flexibility index (Phi) is 6.67. The predicted molar refractivity (Wildman–Crippen MR) is 117 cm³/mol. The Morgan fingerprint density at radius 2 is 1.94 bits per heavy atom. The van der Waals surface area contributed by atoms with Crippen LogP contribution in [0.15, 0.2) is 71.6 Å². The number of nitrogens with one attached hydrogen (secondary N) is 1. The van der Waals surface area contributed by atoms with E-state index in [1.165, 1.54) is 11.2 Å². The van der Waals surface area contributed by atoms with Gasteiger partial charge in [-0.2, -0.15) is 0 Å². The van der Waals surface area contributed by atoms with Gasteiger partial charge in [-0.3, -0.25) is 14.6 Å². The lowest BCUT2D eigenvalue weighted by molar-refractivity contribution is -0.126. The van der Waals surface area contributed by atoms with E-state index in [9.17, 15) is 9.59 Å². The molecule has 4 rings (SSSR count). The second-order valence-corrected chi connectivity index (χ2v) is 8.09. The molecule has 31 heavy (non-hydrogen) atoms. The van der Waals surface area contributed by atoms with Crippen molar-refractivity contribution < 1.29 is 14.0 Å². The zero-order valence-electron chi connectivity index (χ0n) is 17.0. The molecule has 3 aromatic rings. The van der Waals surface area contributed by atoms with Gasteiger partial charge in [-0.1, -0.05) is 48.7 Å². The van der Waals surface area contributed by atoms with Crippen LogP contribution in [0.5, 0.6) is 0 Å². The van der Waals surface area contributed by atoms with Gasteiger partial charge in [-0.15, -0.1) is 0 Å². The van der Waals surface area contributed by atoms with Crippen LogP contribution < -0.4 is 5.32 Å². The van der Waals surface area contributed by atoms with Crippen molar-refractivity contribution in [1.29, 1.82) is 0 Å². The van der Waals surface area contributed by atoms with E-state index in [2.05, 4.69) is 10.3 Å². The van der Waals surface area contributed by atoms with Gasteiger partial charge in [-0.05, 0) is 42.7 Å². The van der Waals surface area contributed by atoms with Gasteiger partial charge >= 0.3 is 0 Å². The average molecular weight is 438 g/mol. The monoisotopic (exact) mass is 437 g/mol. The van der Waals surface area contributed by atoms with Crippen LogP contribution in [-0.4, -0.2) is 27.7 Å². The third-order valence-corrected chi connectivity index (χ3v) is 5.92. The molecule has 1 unspecified atom stereocenters. The highest BCUT2D eigenvalue weighted by Crippen LogP contribution is 2.29. The van der Waals surface area contributed by atoms with Gasteiger partial charge in [0.2, 0.25) is 5.91 Å². The minimum Gasteiger partial charge on any atom is -0.459 e. The highest BCUT2D eigenvalue weighted by Gasteiger charge is 2.35. The highest BCUT2D eigenvalue weighted by molar-refractivity contribution is 6.31. The fourth-order valence-corrected chi connectivity index (χ4v) is 4.19. The number of carbonyl (C=O) groups is 2. The number of hydrogen-bond acceptors (Lipinski definition) is 4. The van der Waals surface area contributed by atoms with Crippen molar-refractivity contribution in [1.82, 2.24) is 15.2 Å². The molecule has 2 amide bonds. The molecule has 0 saturated heterocycles. The average Bonchev–Trinajstić information content (AvgIpc) is 3.49. The first-order chi connectivity index (χ1) is 15.1. The normalized spacial score (nSPS) is 14.9. The third kappa shape index (κ3) is 4.97. The van der Waals surface area contributed by atoms with Crippen molar-refractivity contribution in [2.75, 3.05) is 0 Å². The van der Waals surface area contributed by atoms with Crippen molar-refractivity contribution in [2.24, 2.45) is 0 Å². The predicted octanol–water partition coefficient (Wildman–Crippen LogP) is 4.77. The van der Waals surface area contributed by atoms with E-state index in [0.29, 0.717) is 10.6 Å². The summed E-state index contributed by atoms with van der Waals surface area (Å²) in [5, 5.41) is 3.66. The fraction of sp³-hybridized carbons (Fsp3) is 0.292. The number of rotatable bonds is 7. The molecule has 1 aromatic carbocycles. The van der Waals surface area contributed by atoms with E-state index < -0.39 is 6.04 Å². The number of carbonyl (C=O) groups excluding carboxylic acids is 2. The Morgan fingerprint density at radius 1 is 1.13 bits per heavy atom. The number of aromatic nitrogens is 1. The summed E-state index contributed by atoms with van der Waals surface area (Å²) in [6.45, 7) is 0.150. The van der Waals surface area contributed by atoms with Crippen molar-refractivity contribution >= 4 is 23.4 Å². The molecule has 6 nitrogen and oxygen atoms in total. The van der Waals surface area contributed by atoms with Crippen LogP contribution in [0.1, 0.15) is 53.4 Å². The van der Waals surface area contributed by atoms with Crippen molar-refractivity contribution in [3.63, 3.8) is 0 Å². The van der Waals surface area contributed by atoms with E-state index >= 15 is 0 Å². The molecule has 0 spiro atoms. The highest BCUT2D eigenvalue weighted by atomic mass is 35.5. The topological polar surface area (TPSA) is 75.4 Å². The molecule has 0 aliphatic heterocycles. The van der Waals surface area contributed by atoms with E-state index in [-0.39, 0.29) is 30.2 Å². The number of hydrogen-bond donors (Lipinski definition) is 1. The van der Waals surface area contributed by atoms with E-state index in [4.69, 9.17) is 16.0 Å². The van der Waals surface area contributed by atoms with Crippen LogP contribution in [0, 0.1) is 0 Å². The van der Waals surface area contributed by atoms with Crippen molar-refractivity contribution in [2.45, 2.75) is 44.3 Å². The molecule has 2 heterocycles. The molecular weight excluding hydrogens is 414 g/mol. The molecule has 1 atom stereocenters. The Bertz CT molecular complexity index is 1020. The van der Waals surface area contributed by atoms with Crippen LogP contribution >= 0.6 is 11.6 Å². The number of halogens is 1. The maximum Gasteiger partial charge on any atom is 0.290 e. The molecule has 1 saturated carbocycles. The minimum atomic E-state index is -0.872. The Labute approximate surface area is 186 Å². The molecule has 0 radical (unpaired) electrons. The number of pyridine rings is 1. The Hall–Kier alpha value is -3.12. The van der Waals surface area contributed by atoms with Gasteiger partial charge < -0.3 is 14.6 Å². The largest absolute Gasteiger partial charge is 0.459 e. The van der Waals surface area contributed by atoms with Gasteiger partial charge in [0, 0.05) is 35.6 Å². The molecule has 0 bridgehead atoms. The number of amides is 2. The van der Waals surface area contributed by atoms with Crippen LogP contribution in [0.3, 0.4) is 0 Å². The first-order valence-electron chi connectivity index (χ1n) is 10.4. The summed E-state index contributed by atoms with van der Waals surface area (Å²) in [5.74, 6) is -0.457. The molecule has 160 valence electrons. The van der Waals surface area contributed by atoms with Gasteiger partial charge in [-0.25, -0.2) is 0 Å². The third-order valence-electron chi connectivity index (χ3n) is 5.55. The zero-order valence-corrected chi connectivity index (χ0v) is 17.8. The summed E-state index contributed by atoms with van der Waals surface area (Å²) in [5.41, 5.74) is 1.37. The summed E-state index contributed by atoms with van der Waals surface area (Å²) in [6.07, 6.45) is 8.79. The summed E-state index contributed by atoms with van der Waals surface area (Å²) < 4.78 is 5.37. The maximum atomic E-state index is 13.5. The molecule has 1 aliphatic rings. The minimum absolute atomic E-state index is 0.118. The first-order valence-corrected chi connectivity index (χ1v) is 10.8. The Balaban J connectivity index is 1.73. The van der Waals surface area contributed by atoms with Gasteiger partial charge in [0.15, 0.2) is 5.76 Å². The van der Waals surface area contributed by atoms with Crippen LogP contribution in [0.2, 0.25) is 5.02 Å². The smallest absolute Gasteiger partial charge is 0.290 e. The number of benzene rings is 1. The maximum absolute atomic E-state index is 13.5. The summed E-state index contributed by atoms with van der Waals surface area (Å²) in [4.78, 5) is 32.6. The van der Waals surface area contributed by atoms with Gasteiger partial charge in [0.25, 0.3) is 5.91 Å². The molecule has 7 heteroatoms. The van der Waals surface area contributed by atoms with Crippen LogP contribution in [0.4, 0.5) is 0 Å². The second kappa shape index (κ2) is 9.79. The quantitative estimate of drug-likeness (QED) is 0.577. The SMILES string of the molecule is O=C(NC1CCCC1)C(c1cccnc1)N(Cc1ccccc1Cl)C(=O)c1ccco1. The summed E-state index contributed by atoms with van der Waals surface area (Å²) in [6, 6.07) is 13.4. The molecular formula is C24H24ClN3O3. The van der Waals surface area contributed by atoms with Gasteiger partial charge in [0.05, 0.1) is 6.26 Å². The van der Waals surface area contributed by atoms with E-state index in [0.717, 1.165) is 31.2 Å². The Morgan fingerprint density at radius 3 is 2.61 bits per heavy atom. The molecule has 1 N–H and O–H groups in total. The lowest BCUT2D eigenvalue weighted by Crippen LogP contribution is -2.45. The number of nitrogens with zero attached hydrogens (tertiary/aromatic N) is 2. The van der Waals surface area contributed by atoms with Crippen LogP contribution in [0.25, 0.3) is 0 Å². The van der Waals surface area contributed by atoms with Gasteiger partial charge in [0.1, 0.15) is 6.04 Å². The zero-order chi connectivity index (χ0) is 21.6. The summed E-state index contributed by atoms with van der Waals surface area (Å²) >= 11 is 6.39. The van der Waals surface area contributed by atoms with E-state index in [1.54, 1.807) is 42.7 Å².